The minimum atomic E-state index is -0.889. The molecular weight excluding hydrogens is 546 g/mol. The number of rotatable bonds is 8. The van der Waals surface area contributed by atoms with Gasteiger partial charge in [0.15, 0.2) is 17.2 Å². The van der Waals surface area contributed by atoms with E-state index in [4.69, 9.17) is 21.1 Å². The monoisotopic (exact) mass is 577 g/mol. The van der Waals surface area contributed by atoms with Crippen molar-refractivity contribution in [1.82, 2.24) is 20.4 Å². The van der Waals surface area contributed by atoms with E-state index < -0.39 is 22.9 Å². The number of aromatic amines is 1. The van der Waals surface area contributed by atoms with Gasteiger partial charge in [-0.05, 0) is 76.4 Å². The summed E-state index contributed by atoms with van der Waals surface area (Å²) in [6, 6.07) is 14.1. The van der Waals surface area contributed by atoms with Crippen molar-refractivity contribution in [2.45, 2.75) is 58.7 Å². The SMILES string of the molecule is COc1cc(C(=O)N[C@H](C)C(=O)N2C(C(C)(C)C#N)CC[C@H]2c2cccc(Cl)c2)ccc1Oc1cc(C)n[nH]c1=O. The lowest BCUT2D eigenvalue weighted by Crippen LogP contribution is -2.52. The molecular formula is C30H32ClN5O5. The van der Waals surface area contributed by atoms with Crippen molar-refractivity contribution < 1.29 is 19.1 Å². The van der Waals surface area contributed by atoms with Gasteiger partial charge in [-0.15, -0.1) is 0 Å². The number of likely N-dealkylation sites (tertiary alicyclic amines) is 1. The third kappa shape index (κ3) is 6.36. The average Bonchev–Trinajstić information content (AvgIpc) is 3.41. The minimum Gasteiger partial charge on any atom is -0.493 e. The summed E-state index contributed by atoms with van der Waals surface area (Å²) in [4.78, 5) is 40.9. The van der Waals surface area contributed by atoms with Gasteiger partial charge in [-0.25, -0.2) is 5.10 Å². The van der Waals surface area contributed by atoms with Crippen molar-refractivity contribution in [3.05, 3.63) is 80.7 Å². The Kier molecular flexibility index (Phi) is 8.69. The first-order chi connectivity index (χ1) is 19.4. The van der Waals surface area contributed by atoms with Crippen LogP contribution >= 0.6 is 11.6 Å². The average molecular weight is 578 g/mol. The third-order valence-corrected chi connectivity index (χ3v) is 7.49. The highest BCUT2D eigenvalue weighted by Gasteiger charge is 2.46. The molecule has 0 bridgehead atoms. The third-order valence-electron chi connectivity index (χ3n) is 7.26. The van der Waals surface area contributed by atoms with Crippen LogP contribution < -0.4 is 20.3 Å². The fourth-order valence-electron chi connectivity index (χ4n) is 5.08. The van der Waals surface area contributed by atoms with Crippen LogP contribution in [0.4, 0.5) is 0 Å². The van der Waals surface area contributed by atoms with Gasteiger partial charge in [0.1, 0.15) is 6.04 Å². The number of hydrogen-bond acceptors (Lipinski definition) is 7. The van der Waals surface area contributed by atoms with Crippen LogP contribution in [-0.2, 0) is 4.79 Å². The first-order valence-electron chi connectivity index (χ1n) is 13.2. The van der Waals surface area contributed by atoms with E-state index in [2.05, 4.69) is 21.6 Å². The number of ether oxygens (including phenoxy) is 2. The maximum absolute atomic E-state index is 13.9. The van der Waals surface area contributed by atoms with Gasteiger partial charge in [-0.3, -0.25) is 14.4 Å². The first-order valence-corrected chi connectivity index (χ1v) is 13.5. The molecule has 1 aliphatic heterocycles. The predicted molar refractivity (Wildman–Crippen MR) is 153 cm³/mol. The smallest absolute Gasteiger partial charge is 0.307 e. The quantitative estimate of drug-likeness (QED) is 0.387. The van der Waals surface area contributed by atoms with Crippen molar-refractivity contribution in [2.24, 2.45) is 5.41 Å². The fourth-order valence-corrected chi connectivity index (χ4v) is 5.28. The number of aromatic nitrogens is 2. The van der Waals surface area contributed by atoms with Crippen LogP contribution in [0.1, 0.15) is 61.3 Å². The summed E-state index contributed by atoms with van der Waals surface area (Å²) in [7, 11) is 1.42. The number of methoxy groups -OCH3 is 1. The molecule has 41 heavy (non-hydrogen) atoms. The number of nitrogens with zero attached hydrogens (tertiary/aromatic N) is 3. The van der Waals surface area contributed by atoms with Crippen LogP contribution in [0.5, 0.6) is 17.2 Å². The Morgan fingerprint density at radius 1 is 1.17 bits per heavy atom. The van der Waals surface area contributed by atoms with E-state index in [1.54, 1.807) is 24.8 Å². The van der Waals surface area contributed by atoms with E-state index in [1.807, 2.05) is 32.0 Å². The van der Waals surface area contributed by atoms with E-state index in [-0.39, 0.29) is 40.8 Å². The van der Waals surface area contributed by atoms with Crippen molar-refractivity contribution in [3.63, 3.8) is 0 Å². The van der Waals surface area contributed by atoms with Crippen LogP contribution in [0.15, 0.2) is 53.3 Å². The lowest BCUT2D eigenvalue weighted by molar-refractivity contribution is -0.137. The second-order valence-electron chi connectivity index (χ2n) is 10.6. The number of aryl methyl sites for hydroxylation is 1. The molecule has 0 saturated carbocycles. The second kappa shape index (κ2) is 12.0. The molecule has 1 saturated heterocycles. The fraction of sp³-hybridized carbons (Fsp3) is 0.367. The van der Waals surface area contributed by atoms with Crippen molar-refractivity contribution in [3.8, 4) is 23.3 Å². The van der Waals surface area contributed by atoms with Gasteiger partial charge >= 0.3 is 5.56 Å². The maximum Gasteiger partial charge on any atom is 0.307 e. The molecule has 3 atom stereocenters. The Balaban J connectivity index is 1.55. The van der Waals surface area contributed by atoms with Gasteiger partial charge in [-0.1, -0.05) is 23.7 Å². The molecule has 1 fully saturated rings. The molecule has 0 spiro atoms. The number of hydrogen-bond donors (Lipinski definition) is 2. The van der Waals surface area contributed by atoms with Gasteiger partial charge < -0.3 is 19.7 Å². The Bertz CT molecular complexity index is 1560. The molecule has 1 aliphatic rings. The van der Waals surface area contributed by atoms with Gasteiger partial charge in [0, 0.05) is 16.7 Å². The molecule has 1 unspecified atom stereocenters. The van der Waals surface area contributed by atoms with E-state index in [9.17, 15) is 19.6 Å². The summed E-state index contributed by atoms with van der Waals surface area (Å²) in [5.41, 5.74) is 0.358. The zero-order valence-electron chi connectivity index (χ0n) is 23.5. The molecule has 10 nitrogen and oxygen atoms in total. The molecule has 2 amide bonds. The predicted octanol–water partition coefficient (Wildman–Crippen LogP) is 4.93. The Morgan fingerprint density at radius 3 is 2.61 bits per heavy atom. The van der Waals surface area contributed by atoms with Gasteiger partial charge in [0.25, 0.3) is 5.91 Å². The number of amides is 2. The number of H-pyrrole nitrogens is 1. The van der Waals surface area contributed by atoms with Crippen LogP contribution in [0.3, 0.4) is 0 Å². The Labute approximate surface area is 243 Å². The molecule has 0 radical (unpaired) electrons. The number of halogens is 1. The Hall–Kier alpha value is -4.36. The molecule has 2 heterocycles. The van der Waals surface area contributed by atoms with E-state index in [1.165, 1.54) is 31.4 Å². The second-order valence-corrected chi connectivity index (χ2v) is 11.0. The molecule has 1 aromatic heterocycles. The number of benzene rings is 2. The van der Waals surface area contributed by atoms with Crippen molar-refractivity contribution >= 4 is 23.4 Å². The van der Waals surface area contributed by atoms with Crippen molar-refractivity contribution in [2.75, 3.05) is 7.11 Å². The van der Waals surface area contributed by atoms with E-state index >= 15 is 0 Å². The van der Waals surface area contributed by atoms with E-state index in [0.717, 1.165) is 5.56 Å². The molecule has 0 aliphatic carbocycles. The molecule has 2 aromatic carbocycles. The molecule has 11 heteroatoms. The highest BCUT2D eigenvalue weighted by molar-refractivity contribution is 6.30. The summed E-state index contributed by atoms with van der Waals surface area (Å²) in [6.07, 6.45) is 1.31. The Morgan fingerprint density at radius 2 is 1.93 bits per heavy atom. The summed E-state index contributed by atoms with van der Waals surface area (Å²) in [5, 5.41) is 19.4. The largest absolute Gasteiger partial charge is 0.493 e. The van der Waals surface area contributed by atoms with Crippen LogP contribution in [0, 0.1) is 23.7 Å². The number of nitriles is 1. The first kappa shape index (κ1) is 29.6. The summed E-state index contributed by atoms with van der Waals surface area (Å²) in [5.74, 6) is -0.313. The highest BCUT2D eigenvalue weighted by atomic mass is 35.5. The summed E-state index contributed by atoms with van der Waals surface area (Å²) < 4.78 is 11.1. The number of carbonyl (C=O) groups excluding carboxylic acids is 2. The van der Waals surface area contributed by atoms with E-state index in [0.29, 0.717) is 23.6 Å². The molecule has 3 aromatic rings. The van der Waals surface area contributed by atoms with Gasteiger partial charge in [-0.2, -0.15) is 10.4 Å². The summed E-state index contributed by atoms with van der Waals surface area (Å²) in [6.45, 7) is 6.96. The summed E-state index contributed by atoms with van der Waals surface area (Å²) >= 11 is 6.25. The van der Waals surface area contributed by atoms with Gasteiger partial charge in [0.05, 0.1) is 36.4 Å². The van der Waals surface area contributed by atoms with Crippen LogP contribution in [0.2, 0.25) is 5.02 Å². The lowest BCUT2D eigenvalue weighted by Gasteiger charge is -2.38. The van der Waals surface area contributed by atoms with Crippen LogP contribution in [0.25, 0.3) is 0 Å². The van der Waals surface area contributed by atoms with Crippen molar-refractivity contribution in [1.29, 1.82) is 5.26 Å². The van der Waals surface area contributed by atoms with Crippen LogP contribution in [-0.4, -0.2) is 46.1 Å². The zero-order valence-corrected chi connectivity index (χ0v) is 24.3. The molecule has 214 valence electrons. The highest BCUT2D eigenvalue weighted by Crippen LogP contribution is 2.43. The number of carbonyl (C=O) groups is 2. The minimum absolute atomic E-state index is 0.0296. The standard InChI is InChI=1S/C30H32ClN5O5/c1-17-13-25(28(38)35-34-17)41-23-11-9-20(15-24(23)40-5)27(37)33-18(2)29(39)36-22(19-7-6-8-21(31)14-19)10-12-26(36)30(3,4)16-32/h6-9,11,13-15,18,22,26H,10,12H2,1-5H3,(H,33,37)(H,35,38)/t18-,22+,26?/m1/s1. The lowest BCUT2D eigenvalue weighted by atomic mass is 9.84. The van der Waals surface area contributed by atoms with Gasteiger partial charge in [0.2, 0.25) is 5.91 Å². The molecule has 2 N–H and O–H groups in total. The topological polar surface area (TPSA) is 137 Å². The molecule has 4 rings (SSSR count). The normalized spacial score (nSPS) is 17.4. The zero-order chi connectivity index (χ0) is 29.9. The number of nitrogens with one attached hydrogen (secondary N) is 2. The maximum atomic E-state index is 13.9.